The number of thiazole rings is 1. The first-order valence-corrected chi connectivity index (χ1v) is 7.24. The van der Waals surface area contributed by atoms with Crippen molar-refractivity contribution >= 4 is 11.3 Å². The van der Waals surface area contributed by atoms with E-state index >= 15 is 0 Å². The van der Waals surface area contributed by atoms with Crippen molar-refractivity contribution < 1.29 is 9.13 Å². The SMILES string of the molecule is COCc1nc(-c2ccncc2F)sc1CNC(C)C. The zero-order valence-electron chi connectivity index (χ0n) is 11.8. The van der Waals surface area contributed by atoms with Gasteiger partial charge in [-0.2, -0.15) is 0 Å². The van der Waals surface area contributed by atoms with Crippen LogP contribution < -0.4 is 5.32 Å². The number of nitrogens with zero attached hydrogens (tertiary/aromatic N) is 2. The molecule has 0 amide bonds. The molecule has 108 valence electrons. The van der Waals surface area contributed by atoms with E-state index in [4.69, 9.17) is 4.74 Å². The second-order valence-corrected chi connectivity index (χ2v) is 5.80. The third kappa shape index (κ3) is 3.59. The van der Waals surface area contributed by atoms with Crippen LogP contribution in [0.1, 0.15) is 24.4 Å². The highest BCUT2D eigenvalue weighted by Gasteiger charge is 2.15. The standard InChI is InChI=1S/C14H18FN3OS/c1-9(2)17-7-13-12(8-19-3)18-14(20-13)10-4-5-16-6-11(10)15/h4-6,9,17H,7-8H2,1-3H3. The fourth-order valence-corrected chi connectivity index (χ4v) is 2.77. The van der Waals surface area contributed by atoms with Gasteiger partial charge >= 0.3 is 0 Å². The molecule has 6 heteroatoms. The lowest BCUT2D eigenvalue weighted by Crippen LogP contribution is -2.21. The van der Waals surface area contributed by atoms with Crippen molar-refractivity contribution in [2.75, 3.05) is 7.11 Å². The highest BCUT2D eigenvalue weighted by Crippen LogP contribution is 2.30. The Labute approximate surface area is 122 Å². The molecule has 2 aromatic heterocycles. The summed E-state index contributed by atoms with van der Waals surface area (Å²) in [5.41, 5.74) is 1.34. The quantitative estimate of drug-likeness (QED) is 0.890. The molecule has 4 nitrogen and oxygen atoms in total. The number of ether oxygens (including phenoxy) is 1. The van der Waals surface area contributed by atoms with E-state index in [1.54, 1.807) is 19.4 Å². The average Bonchev–Trinajstić information content (AvgIpc) is 2.80. The summed E-state index contributed by atoms with van der Waals surface area (Å²) in [6.07, 6.45) is 2.78. The summed E-state index contributed by atoms with van der Waals surface area (Å²) in [5.74, 6) is -0.353. The first-order chi connectivity index (χ1) is 9.61. The van der Waals surface area contributed by atoms with Crippen LogP contribution >= 0.6 is 11.3 Å². The molecule has 0 radical (unpaired) electrons. The fraction of sp³-hybridized carbons (Fsp3) is 0.429. The van der Waals surface area contributed by atoms with Gasteiger partial charge in [-0.25, -0.2) is 9.37 Å². The summed E-state index contributed by atoms with van der Waals surface area (Å²) < 4.78 is 18.9. The summed E-state index contributed by atoms with van der Waals surface area (Å²) in [6, 6.07) is 2.03. The molecule has 0 aliphatic heterocycles. The molecule has 0 aliphatic rings. The summed E-state index contributed by atoms with van der Waals surface area (Å²) in [6.45, 7) is 5.31. The lowest BCUT2D eigenvalue weighted by Gasteiger charge is -2.07. The Bertz CT molecular complexity index is 571. The van der Waals surface area contributed by atoms with Gasteiger partial charge in [0.15, 0.2) is 5.82 Å². The van der Waals surface area contributed by atoms with Crippen LogP contribution in [0.5, 0.6) is 0 Å². The van der Waals surface area contributed by atoms with Crippen LogP contribution in [0.15, 0.2) is 18.5 Å². The molecule has 0 saturated heterocycles. The molecule has 2 aromatic rings. The monoisotopic (exact) mass is 295 g/mol. The van der Waals surface area contributed by atoms with Gasteiger partial charge in [0.1, 0.15) is 5.01 Å². The molecule has 20 heavy (non-hydrogen) atoms. The molecule has 2 heterocycles. The van der Waals surface area contributed by atoms with Crippen LogP contribution in [0.4, 0.5) is 4.39 Å². The van der Waals surface area contributed by atoms with Crippen molar-refractivity contribution in [3.63, 3.8) is 0 Å². The molecule has 1 N–H and O–H groups in total. The molecule has 0 aliphatic carbocycles. The first kappa shape index (κ1) is 15.0. The minimum Gasteiger partial charge on any atom is -0.378 e. The van der Waals surface area contributed by atoms with E-state index in [-0.39, 0.29) is 5.82 Å². The van der Waals surface area contributed by atoms with Crippen LogP contribution in [0.25, 0.3) is 10.6 Å². The van der Waals surface area contributed by atoms with Crippen LogP contribution in [0.3, 0.4) is 0 Å². The molecule has 0 bridgehead atoms. The third-order valence-corrected chi connectivity index (χ3v) is 3.86. The van der Waals surface area contributed by atoms with E-state index < -0.39 is 0 Å². The smallest absolute Gasteiger partial charge is 0.151 e. The van der Waals surface area contributed by atoms with Gasteiger partial charge in [0, 0.05) is 36.3 Å². The normalized spacial score (nSPS) is 11.2. The van der Waals surface area contributed by atoms with Crippen molar-refractivity contribution in [1.29, 1.82) is 0 Å². The van der Waals surface area contributed by atoms with Crippen LogP contribution in [0.2, 0.25) is 0 Å². The Morgan fingerprint density at radius 2 is 2.25 bits per heavy atom. The Morgan fingerprint density at radius 1 is 1.45 bits per heavy atom. The minimum absolute atomic E-state index is 0.353. The van der Waals surface area contributed by atoms with Gasteiger partial charge in [-0.3, -0.25) is 4.98 Å². The lowest BCUT2D eigenvalue weighted by molar-refractivity contribution is 0.181. The zero-order valence-corrected chi connectivity index (χ0v) is 12.6. The number of hydrogen-bond acceptors (Lipinski definition) is 5. The van der Waals surface area contributed by atoms with Crippen molar-refractivity contribution in [2.45, 2.75) is 33.0 Å². The molecule has 0 saturated carbocycles. The van der Waals surface area contributed by atoms with Crippen molar-refractivity contribution in [2.24, 2.45) is 0 Å². The molecular weight excluding hydrogens is 277 g/mol. The Balaban J connectivity index is 2.31. The number of hydrogen-bond donors (Lipinski definition) is 1. The molecule has 0 spiro atoms. The van der Waals surface area contributed by atoms with Crippen molar-refractivity contribution in [1.82, 2.24) is 15.3 Å². The maximum atomic E-state index is 13.8. The fourth-order valence-electron chi connectivity index (χ4n) is 1.73. The predicted molar refractivity (Wildman–Crippen MR) is 78.0 cm³/mol. The first-order valence-electron chi connectivity index (χ1n) is 6.42. The number of nitrogens with one attached hydrogen (secondary N) is 1. The Morgan fingerprint density at radius 3 is 2.90 bits per heavy atom. The second-order valence-electron chi connectivity index (χ2n) is 4.71. The molecule has 2 rings (SSSR count). The molecular formula is C14H18FN3OS. The van der Waals surface area contributed by atoms with E-state index in [0.717, 1.165) is 10.6 Å². The van der Waals surface area contributed by atoms with E-state index in [1.165, 1.54) is 17.5 Å². The summed E-state index contributed by atoms with van der Waals surface area (Å²) in [7, 11) is 1.63. The number of aromatic nitrogens is 2. The van der Waals surface area contributed by atoms with Gasteiger partial charge in [-0.15, -0.1) is 11.3 Å². The Kier molecular flexibility index (Phi) is 5.17. The summed E-state index contributed by atoms with van der Waals surface area (Å²) >= 11 is 1.49. The number of pyridine rings is 1. The topological polar surface area (TPSA) is 47.0 Å². The maximum Gasteiger partial charge on any atom is 0.151 e. The van der Waals surface area contributed by atoms with Gasteiger partial charge in [0.2, 0.25) is 0 Å². The Hall–Kier alpha value is -1.37. The molecule has 0 atom stereocenters. The maximum absolute atomic E-state index is 13.8. The van der Waals surface area contributed by atoms with E-state index in [1.807, 2.05) is 0 Å². The van der Waals surface area contributed by atoms with Gasteiger partial charge in [0.05, 0.1) is 18.5 Å². The molecule has 0 unspecified atom stereocenters. The number of methoxy groups -OCH3 is 1. The predicted octanol–water partition coefficient (Wildman–Crippen LogP) is 2.99. The highest BCUT2D eigenvalue weighted by molar-refractivity contribution is 7.15. The van der Waals surface area contributed by atoms with Crippen LogP contribution in [0, 0.1) is 5.82 Å². The highest BCUT2D eigenvalue weighted by atomic mass is 32.1. The molecule has 0 fully saturated rings. The largest absolute Gasteiger partial charge is 0.378 e. The van der Waals surface area contributed by atoms with Crippen LogP contribution in [-0.2, 0) is 17.9 Å². The van der Waals surface area contributed by atoms with Crippen molar-refractivity contribution in [3.8, 4) is 10.6 Å². The van der Waals surface area contributed by atoms with E-state index in [0.29, 0.717) is 29.8 Å². The second kappa shape index (κ2) is 6.88. The van der Waals surface area contributed by atoms with Gasteiger partial charge in [-0.1, -0.05) is 13.8 Å². The number of rotatable bonds is 6. The van der Waals surface area contributed by atoms with Gasteiger partial charge in [-0.05, 0) is 6.07 Å². The lowest BCUT2D eigenvalue weighted by atomic mass is 10.2. The number of halogens is 1. The third-order valence-electron chi connectivity index (χ3n) is 2.73. The summed E-state index contributed by atoms with van der Waals surface area (Å²) in [4.78, 5) is 9.33. The summed E-state index contributed by atoms with van der Waals surface area (Å²) in [5, 5.41) is 4.01. The van der Waals surface area contributed by atoms with E-state index in [2.05, 4.69) is 29.1 Å². The average molecular weight is 295 g/mol. The molecule has 0 aromatic carbocycles. The van der Waals surface area contributed by atoms with E-state index in [9.17, 15) is 4.39 Å². The van der Waals surface area contributed by atoms with Crippen LogP contribution in [-0.4, -0.2) is 23.1 Å². The minimum atomic E-state index is -0.353. The van der Waals surface area contributed by atoms with Crippen molar-refractivity contribution in [3.05, 3.63) is 34.8 Å². The van der Waals surface area contributed by atoms with Gasteiger partial charge < -0.3 is 10.1 Å². The van der Waals surface area contributed by atoms with Gasteiger partial charge in [0.25, 0.3) is 0 Å². The zero-order chi connectivity index (χ0) is 14.5.